The summed E-state index contributed by atoms with van der Waals surface area (Å²) in [6, 6.07) is -1.70. The Morgan fingerprint density at radius 1 is 0.917 bits per heavy atom. The molecule has 4 N–H and O–H groups in total. The highest BCUT2D eigenvalue weighted by Crippen LogP contribution is 2.00. The average Bonchev–Trinajstić information content (AvgIpc) is 1.93. The van der Waals surface area contributed by atoms with Crippen LogP contribution in [0.2, 0.25) is 0 Å². The number of hydrogen-bond donors (Lipinski definition) is 2. The maximum absolute atomic E-state index is 10.7. The van der Waals surface area contributed by atoms with E-state index in [1.54, 1.807) is 0 Å². The Bertz CT molecular complexity index is 196. The molecule has 0 aromatic rings. The first-order chi connectivity index (χ1) is 4.63. The van der Waals surface area contributed by atoms with Crippen LogP contribution in [0.5, 0.6) is 0 Å². The number of ketones is 2. The van der Waals surface area contributed by atoms with Gasteiger partial charge < -0.3 is 11.5 Å². The molecule has 0 saturated carbocycles. The number of rotatable bonds is 0. The smallest absolute Gasteiger partial charge is 0.174 e. The SMILES string of the molecule is Br.Br.NC1C(=O)C=CC(=O)C1N. The van der Waals surface area contributed by atoms with Crippen molar-refractivity contribution in [2.75, 3.05) is 0 Å². The molecule has 0 aliphatic heterocycles. The van der Waals surface area contributed by atoms with Crippen LogP contribution in [0.3, 0.4) is 0 Å². The molecule has 0 aromatic heterocycles. The summed E-state index contributed by atoms with van der Waals surface area (Å²) in [4.78, 5) is 21.4. The molecule has 0 bridgehead atoms. The number of hydrogen-bond acceptors (Lipinski definition) is 4. The van der Waals surface area contributed by atoms with E-state index in [0.29, 0.717) is 0 Å². The van der Waals surface area contributed by atoms with Gasteiger partial charge in [0.25, 0.3) is 0 Å². The van der Waals surface area contributed by atoms with Gasteiger partial charge in [0.05, 0.1) is 12.1 Å². The Morgan fingerprint density at radius 3 is 1.42 bits per heavy atom. The first-order valence-electron chi connectivity index (χ1n) is 2.90. The van der Waals surface area contributed by atoms with Crippen LogP contribution in [0.1, 0.15) is 0 Å². The summed E-state index contributed by atoms with van der Waals surface area (Å²) >= 11 is 0. The molecule has 6 heteroatoms. The van der Waals surface area contributed by atoms with E-state index in [4.69, 9.17) is 11.5 Å². The van der Waals surface area contributed by atoms with Gasteiger partial charge in [-0.2, -0.15) is 0 Å². The van der Waals surface area contributed by atoms with Crippen molar-refractivity contribution in [1.29, 1.82) is 0 Å². The number of carbonyl (C=O) groups excluding carboxylic acids is 2. The molecule has 0 spiro atoms. The van der Waals surface area contributed by atoms with Gasteiger partial charge in [-0.1, -0.05) is 0 Å². The molecule has 0 radical (unpaired) electrons. The summed E-state index contributed by atoms with van der Waals surface area (Å²) in [6.45, 7) is 0. The van der Waals surface area contributed by atoms with Crippen molar-refractivity contribution in [1.82, 2.24) is 0 Å². The van der Waals surface area contributed by atoms with Crippen LogP contribution in [0.25, 0.3) is 0 Å². The third-order valence-electron chi connectivity index (χ3n) is 1.46. The topological polar surface area (TPSA) is 86.2 Å². The van der Waals surface area contributed by atoms with Crippen molar-refractivity contribution in [2.24, 2.45) is 11.5 Å². The maximum atomic E-state index is 10.7. The van der Waals surface area contributed by atoms with Crippen molar-refractivity contribution in [3.05, 3.63) is 12.2 Å². The lowest BCUT2D eigenvalue weighted by Gasteiger charge is -2.17. The predicted molar refractivity (Wildman–Crippen MR) is 55.7 cm³/mol. The third-order valence-corrected chi connectivity index (χ3v) is 1.46. The van der Waals surface area contributed by atoms with Crippen molar-refractivity contribution >= 4 is 45.5 Å². The minimum atomic E-state index is -0.850. The summed E-state index contributed by atoms with van der Waals surface area (Å²) in [5.74, 6) is -0.570. The summed E-state index contributed by atoms with van der Waals surface area (Å²) in [5, 5.41) is 0. The Hall–Kier alpha value is -0.0400. The van der Waals surface area contributed by atoms with Crippen LogP contribution in [0, 0.1) is 0 Å². The van der Waals surface area contributed by atoms with E-state index < -0.39 is 12.1 Å². The van der Waals surface area contributed by atoms with Gasteiger partial charge in [0, 0.05) is 0 Å². The fraction of sp³-hybridized carbons (Fsp3) is 0.333. The molecule has 70 valence electrons. The summed E-state index contributed by atoms with van der Waals surface area (Å²) < 4.78 is 0. The molecule has 2 unspecified atom stereocenters. The second-order valence-electron chi connectivity index (χ2n) is 2.19. The fourth-order valence-electron chi connectivity index (χ4n) is 0.740. The van der Waals surface area contributed by atoms with Crippen molar-refractivity contribution < 1.29 is 9.59 Å². The van der Waals surface area contributed by atoms with E-state index in [9.17, 15) is 9.59 Å². The van der Waals surface area contributed by atoms with Gasteiger partial charge >= 0.3 is 0 Å². The maximum Gasteiger partial charge on any atom is 0.174 e. The largest absolute Gasteiger partial charge is 0.320 e. The lowest BCUT2D eigenvalue weighted by Crippen LogP contribution is -2.52. The normalized spacial score (nSPS) is 27.5. The Kier molecular flexibility index (Phi) is 6.73. The second kappa shape index (κ2) is 5.58. The highest BCUT2D eigenvalue weighted by molar-refractivity contribution is 8.93. The molecular weight excluding hydrogens is 292 g/mol. The number of nitrogens with two attached hydrogens (primary N) is 2. The van der Waals surface area contributed by atoms with E-state index in [1.807, 2.05) is 0 Å². The molecule has 0 saturated heterocycles. The van der Waals surface area contributed by atoms with Crippen LogP contribution in [0.15, 0.2) is 12.2 Å². The van der Waals surface area contributed by atoms with Gasteiger partial charge in [-0.3, -0.25) is 9.59 Å². The molecule has 12 heavy (non-hydrogen) atoms. The molecule has 0 heterocycles. The molecular formula is C6H10Br2N2O2. The predicted octanol–water partition coefficient (Wildman–Crippen LogP) is -0.495. The lowest BCUT2D eigenvalue weighted by atomic mass is 9.95. The highest BCUT2D eigenvalue weighted by atomic mass is 79.9. The van der Waals surface area contributed by atoms with Crippen LogP contribution >= 0.6 is 34.0 Å². The molecule has 0 fully saturated rings. The quantitative estimate of drug-likeness (QED) is 0.632. The van der Waals surface area contributed by atoms with Crippen LogP contribution in [-0.4, -0.2) is 23.7 Å². The third kappa shape index (κ3) is 2.78. The number of carbonyl (C=O) groups is 2. The first kappa shape index (κ1) is 14.5. The van der Waals surface area contributed by atoms with Crippen LogP contribution in [0.4, 0.5) is 0 Å². The molecule has 2 atom stereocenters. The fourth-order valence-corrected chi connectivity index (χ4v) is 0.740. The minimum Gasteiger partial charge on any atom is -0.320 e. The highest BCUT2D eigenvalue weighted by Gasteiger charge is 2.27. The summed E-state index contributed by atoms with van der Waals surface area (Å²) in [6.07, 6.45) is 2.33. The Balaban J connectivity index is 0. The molecule has 1 rings (SSSR count). The zero-order valence-electron chi connectivity index (χ0n) is 6.10. The second-order valence-corrected chi connectivity index (χ2v) is 2.19. The number of halogens is 2. The van der Waals surface area contributed by atoms with Crippen LogP contribution in [-0.2, 0) is 9.59 Å². The monoisotopic (exact) mass is 300 g/mol. The molecule has 4 nitrogen and oxygen atoms in total. The molecule has 0 aromatic carbocycles. The zero-order chi connectivity index (χ0) is 7.72. The standard InChI is InChI=1S/C6H8N2O2.2BrH/c7-5-3(9)1-2-4(10)6(5)8;;/h1-2,5-6H,7-8H2;2*1H. The van der Waals surface area contributed by atoms with E-state index >= 15 is 0 Å². The molecule has 1 aliphatic carbocycles. The van der Waals surface area contributed by atoms with Gasteiger partial charge in [0.2, 0.25) is 0 Å². The van der Waals surface area contributed by atoms with Crippen molar-refractivity contribution in [2.45, 2.75) is 12.1 Å². The van der Waals surface area contributed by atoms with E-state index in [2.05, 4.69) is 0 Å². The lowest BCUT2D eigenvalue weighted by molar-refractivity contribution is -0.123. The Morgan fingerprint density at radius 2 is 1.17 bits per heavy atom. The Labute approximate surface area is 90.9 Å². The summed E-state index contributed by atoms with van der Waals surface area (Å²) in [5.41, 5.74) is 10.5. The van der Waals surface area contributed by atoms with E-state index in [0.717, 1.165) is 12.2 Å². The summed E-state index contributed by atoms with van der Waals surface area (Å²) in [7, 11) is 0. The average molecular weight is 302 g/mol. The van der Waals surface area contributed by atoms with Gasteiger partial charge in [-0.05, 0) is 12.2 Å². The van der Waals surface area contributed by atoms with Crippen molar-refractivity contribution in [3.8, 4) is 0 Å². The van der Waals surface area contributed by atoms with Crippen molar-refractivity contribution in [3.63, 3.8) is 0 Å². The van der Waals surface area contributed by atoms with Gasteiger partial charge in [0.15, 0.2) is 11.6 Å². The molecule has 0 amide bonds. The van der Waals surface area contributed by atoms with Gasteiger partial charge in [-0.25, -0.2) is 0 Å². The van der Waals surface area contributed by atoms with E-state index in [1.165, 1.54) is 0 Å². The zero-order valence-corrected chi connectivity index (χ0v) is 9.52. The van der Waals surface area contributed by atoms with Gasteiger partial charge in [0.1, 0.15) is 0 Å². The molecule has 1 aliphatic rings. The minimum absolute atomic E-state index is 0. The van der Waals surface area contributed by atoms with Crippen LogP contribution < -0.4 is 11.5 Å². The van der Waals surface area contributed by atoms with E-state index in [-0.39, 0.29) is 45.5 Å². The first-order valence-corrected chi connectivity index (χ1v) is 2.90. The van der Waals surface area contributed by atoms with Gasteiger partial charge in [-0.15, -0.1) is 34.0 Å².